The van der Waals surface area contributed by atoms with Crippen LogP contribution in [0.1, 0.15) is 31.4 Å². The Bertz CT molecular complexity index is 1440. The molecule has 220 valence electrons. The molecule has 0 radical (unpaired) electrons. The number of hydrogen-bond donors (Lipinski definition) is 1. The number of hydrogen-bond acceptors (Lipinski definition) is 4. The second-order valence-electron chi connectivity index (χ2n) is 9.28. The predicted octanol–water partition coefficient (Wildman–Crippen LogP) is 5.54. The molecule has 41 heavy (non-hydrogen) atoms. The number of benzene rings is 3. The Morgan fingerprint density at radius 1 is 0.976 bits per heavy atom. The molecule has 0 aliphatic carbocycles. The van der Waals surface area contributed by atoms with E-state index in [9.17, 15) is 31.2 Å². The van der Waals surface area contributed by atoms with E-state index in [0.29, 0.717) is 29.8 Å². The Kier molecular flexibility index (Phi) is 10.8. The van der Waals surface area contributed by atoms with Crippen LogP contribution in [-0.4, -0.2) is 50.8 Å². The van der Waals surface area contributed by atoms with Crippen molar-refractivity contribution in [3.8, 4) is 0 Å². The van der Waals surface area contributed by atoms with Crippen LogP contribution in [0.15, 0.2) is 83.8 Å². The minimum absolute atomic E-state index is 0.0667. The van der Waals surface area contributed by atoms with Crippen LogP contribution in [0.4, 0.5) is 18.9 Å². The molecule has 0 saturated heterocycles. The lowest BCUT2D eigenvalue weighted by molar-refractivity contribution is -0.138. The fourth-order valence-electron chi connectivity index (χ4n) is 4.10. The maximum Gasteiger partial charge on any atom is 0.417 e. The van der Waals surface area contributed by atoms with E-state index in [1.165, 1.54) is 36.1 Å². The summed E-state index contributed by atoms with van der Waals surface area (Å²) in [6, 6.07) is 17.9. The molecule has 0 aliphatic rings. The summed E-state index contributed by atoms with van der Waals surface area (Å²) in [4.78, 5) is 27.7. The van der Waals surface area contributed by atoms with Crippen LogP contribution < -0.4 is 9.62 Å². The molecule has 0 unspecified atom stereocenters. The molecule has 0 spiro atoms. The zero-order valence-corrected chi connectivity index (χ0v) is 24.1. The summed E-state index contributed by atoms with van der Waals surface area (Å²) < 4.78 is 69.1. The van der Waals surface area contributed by atoms with Crippen molar-refractivity contribution < 1.29 is 31.2 Å². The Morgan fingerprint density at radius 3 is 2.17 bits per heavy atom. The first-order valence-electron chi connectivity index (χ1n) is 12.9. The first-order chi connectivity index (χ1) is 19.4. The third kappa shape index (κ3) is 8.23. The lowest BCUT2D eigenvalue weighted by atomic mass is 10.1. The van der Waals surface area contributed by atoms with E-state index in [-0.39, 0.29) is 11.4 Å². The second kappa shape index (κ2) is 13.9. The number of carbonyl (C=O) groups excluding carboxylic acids is 2. The summed E-state index contributed by atoms with van der Waals surface area (Å²) in [5.41, 5.74) is -0.761. The largest absolute Gasteiger partial charge is 0.417 e. The Labute approximate surface area is 243 Å². The molecule has 0 saturated carbocycles. The van der Waals surface area contributed by atoms with Gasteiger partial charge in [0, 0.05) is 13.1 Å². The van der Waals surface area contributed by atoms with Gasteiger partial charge in [0.2, 0.25) is 11.8 Å². The highest BCUT2D eigenvalue weighted by molar-refractivity contribution is 7.92. The third-order valence-electron chi connectivity index (χ3n) is 6.35. The lowest BCUT2D eigenvalue weighted by Crippen LogP contribution is -2.52. The number of sulfonamides is 1. The zero-order chi connectivity index (χ0) is 30.2. The quantitative estimate of drug-likeness (QED) is 0.292. The molecule has 1 atom stereocenters. The molecule has 0 heterocycles. The normalized spacial score (nSPS) is 12.4. The molecule has 7 nitrogen and oxygen atoms in total. The topological polar surface area (TPSA) is 86.8 Å². The highest BCUT2D eigenvalue weighted by Crippen LogP contribution is 2.38. The van der Waals surface area contributed by atoms with Crippen molar-refractivity contribution in [1.29, 1.82) is 0 Å². The molecular formula is C29H31ClF3N3O4S. The molecule has 3 aromatic rings. The highest BCUT2D eigenvalue weighted by atomic mass is 35.5. The molecule has 0 aromatic heterocycles. The first kappa shape index (κ1) is 32.0. The van der Waals surface area contributed by atoms with Gasteiger partial charge in [0.1, 0.15) is 12.6 Å². The van der Waals surface area contributed by atoms with E-state index in [2.05, 4.69) is 5.32 Å². The maximum absolute atomic E-state index is 13.8. The fourth-order valence-corrected chi connectivity index (χ4v) is 5.75. The number of nitrogens with one attached hydrogen (secondary N) is 1. The Hall–Kier alpha value is -3.57. The van der Waals surface area contributed by atoms with Crippen molar-refractivity contribution in [3.63, 3.8) is 0 Å². The minimum atomic E-state index is -4.87. The summed E-state index contributed by atoms with van der Waals surface area (Å²) in [5, 5.41) is 2.12. The van der Waals surface area contributed by atoms with E-state index in [4.69, 9.17) is 11.6 Å². The van der Waals surface area contributed by atoms with Gasteiger partial charge in [0.15, 0.2) is 0 Å². The van der Waals surface area contributed by atoms with Gasteiger partial charge in [0.25, 0.3) is 10.0 Å². The van der Waals surface area contributed by atoms with Crippen LogP contribution in [0.2, 0.25) is 5.02 Å². The van der Waals surface area contributed by atoms with E-state index in [0.717, 1.165) is 17.7 Å². The second-order valence-corrected chi connectivity index (χ2v) is 11.5. The summed E-state index contributed by atoms with van der Waals surface area (Å²) in [6.07, 6.45) is -3.84. The zero-order valence-electron chi connectivity index (χ0n) is 22.6. The van der Waals surface area contributed by atoms with Gasteiger partial charge in [0.05, 0.1) is 21.2 Å². The standard InChI is InChI=1S/C29H31ClF3N3O4S/c1-3-17-34-28(38)21(2)35(18-16-22-10-6-4-7-11-22)27(37)20-36(41(39,40)24-12-8-5-9-13-24)23-14-15-26(30)25(19-23)29(31,32)33/h4-15,19,21H,3,16-18,20H2,1-2H3,(H,34,38)/t21-/m0/s1. The third-order valence-corrected chi connectivity index (χ3v) is 8.47. The smallest absolute Gasteiger partial charge is 0.354 e. The number of amides is 2. The molecule has 0 bridgehead atoms. The highest BCUT2D eigenvalue weighted by Gasteiger charge is 2.36. The molecule has 3 aromatic carbocycles. The van der Waals surface area contributed by atoms with Crippen molar-refractivity contribution in [3.05, 3.63) is 95.0 Å². The molecule has 0 fully saturated rings. The van der Waals surface area contributed by atoms with Crippen LogP contribution in [0.3, 0.4) is 0 Å². The van der Waals surface area contributed by atoms with Gasteiger partial charge >= 0.3 is 6.18 Å². The number of nitrogens with zero attached hydrogens (tertiary/aromatic N) is 2. The predicted molar refractivity (Wildman–Crippen MR) is 152 cm³/mol. The van der Waals surface area contributed by atoms with E-state index in [1.54, 1.807) is 6.07 Å². The van der Waals surface area contributed by atoms with Crippen molar-refractivity contribution in [2.24, 2.45) is 0 Å². The van der Waals surface area contributed by atoms with Gasteiger partial charge < -0.3 is 10.2 Å². The summed E-state index contributed by atoms with van der Waals surface area (Å²) in [5.74, 6) is -1.19. The van der Waals surface area contributed by atoms with E-state index in [1.807, 2.05) is 37.3 Å². The lowest BCUT2D eigenvalue weighted by Gasteiger charge is -2.32. The SMILES string of the molecule is CCCNC(=O)[C@H](C)N(CCc1ccccc1)C(=O)CN(c1ccc(Cl)c(C(F)(F)F)c1)S(=O)(=O)c1ccccc1. The number of anilines is 1. The molecular weight excluding hydrogens is 579 g/mol. The van der Waals surface area contributed by atoms with Crippen LogP contribution in [0.25, 0.3) is 0 Å². The van der Waals surface area contributed by atoms with Gasteiger partial charge in [-0.2, -0.15) is 13.2 Å². The molecule has 3 rings (SSSR count). The van der Waals surface area contributed by atoms with E-state index < -0.39 is 56.9 Å². The van der Waals surface area contributed by atoms with Crippen LogP contribution in [-0.2, 0) is 32.2 Å². The van der Waals surface area contributed by atoms with Gasteiger partial charge in [-0.1, -0.05) is 67.1 Å². The van der Waals surface area contributed by atoms with Crippen LogP contribution in [0.5, 0.6) is 0 Å². The molecule has 0 aliphatic heterocycles. The molecule has 2 amide bonds. The van der Waals surface area contributed by atoms with E-state index >= 15 is 0 Å². The average molecular weight is 610 g/mol. The van der Waals surface area contributed by atoms with Crippen LogP contribution in [0, 0.1) is 0 Å². The van der Waals surface area contributed by atoms with Crippen molar-refractivity contribution >= 4 is 39.1 Å². The van der Waals surface area contributed by atoms with Crippen molar-refractivity contribution in [2.75, 3.05) is 23.9 Å². The van der Waals surface area contributed by atoms with Gasteiger partial charge in [-0.05, 0) is 55.7 Å². The summed E-state index contributed by atoms with van der Waals surface area (Å²) in [7, 11) is -4.51. The van der Waals surface area contributed by atoms with Gasteiger partial charge in [-0.3, -0.25) is 13.9 Å². The monoisotopic (exact) mass is 609 g/mol. The summed E-state index contributed by atoms with van der Waals surface area (Å²) >= 11 is 5.78. The first-order valence-corrected chi connectivity index (χ1v) is 14.7. The van der Waals surface area contributed by atoms with Crippen molar-refractivity contribution in [1.82, 2.24) is 10.2 Å². The van der Waals surface area contributed by atoms with Gasteiger partial charge in [-0.15, -0.1) is 0 Å². The number of alkyl halides is 3. The number of halogens is 4. The maximum atomic E-state index is 13.8. The number of carbonyl (C=O) groups is 2. The van der Waals surface area contributed by atoms with Crippen molar-refractivity contribution in [2.45, 2.75) is 43.8 Å². The minimum Gasteiger partial charge on any atom is -0.354 e. The Morgan fingerprint density at radius 2 is 1.59 bits per heavy atom. The molecule has 12 heteroatoms. The van der Waals surface area contributed by atoms with Gasteiger partial charge in [-0.25, -0.2) is 8.42 Å². The molecule has 1 N–H and O–H groups in total. The Balaban J connectivity index is 2.05. The number of rotatable bonds is 12. The van der Waals surface area contributed by atoms with Crippen LogP contribution >= 0.6 is 11.6 Å². The average Bonchev–Trinajstić information content (AvgIpc) is 2.95. The fraction of sp³-hybridized carbons (Fsp3) is 0.310. The summed E-state index contributed by atoms with van der Waals surface area (Å²) in [6.45, 7) is 2.99.